The average Bonchev–Trinajstić information content (AvgIpc) is 3.35. The summed E-state index contributed by atoms with van der Waals surface area (Å²) in [5, 5.41) is 3.39. The van der Waals surface area contributed by atoms with Gasteiger partial charge < -0.3 is 15.0 Å². The summed E-state index contributed by atoms with van der Waals surface area (Å²) in [6.07, 6.45) is -4.98. The van der Waals surface area contributed by atoms with Crippen LogP contribution in [0.5, 0.6) is 5.75 Å². The smallest absolute Gasteiger partial charge is 0.449 e. The number of nitrogens with one attached hydrogen (secondary N) is 2. The third-order valence-electron chi connectivity index (χ3n) is 5.77. The van der Waals surface area contributed by atoms with E-state index in [9.17, 15) is 17.6 Å². The lowest BCUT2D eigenvalue weighted by atomic mass is 9.94. The number of aromatic nitrogens is 2. The number of benzene rings is 2. The number of rotatable bonds is 3. The second-order valence-electron chi connectivity index (χ2n) is 7.70. The molecule has 0 bridgehead atoms. The molecule has 2 N–H and O–H groups in total. The lowest BCUT2D eigenvalue weighted by molar-refractivity contribution is -0.144. The molecule has 158 valence electrons. The van der Waals surface area contributed by atoms with Crippen molar-refractivity contribution in [1.82, 2.24) is 14.9 Å². The summed E-state index contributed by atoms with van der Waals surface area (Å²) >= 11 is 0. The van der Waals surface area contributed by atoms with Gasteiger partial charge in [-0.25, -0.2) is 9.37 Å². The number of ether oxygens (including phenoxy) is 1. The maximum absolute atomic E-state index is 13.9. The third kappa shape index (κ3) is 3.36. The highest BCUT2D eigenvalue weighted by molar-refractivity contribution is 5.88. The number of likely N-dealkylation sites (tertiary alicyclic amines) is 1. The topological polar surface area (TPSA) is 53.2 Å². The number of imidazole rings is 1. The molecule has 2 aliphatic rings. The van der Waals surface area contributed by atoms with Gasteiger partial charge in [0.25, 0.3) is 0 Å². The number of hydrogen-bond donors (Lipinski definition) is 2. The molecule has 3 heterocycles. The molecular formula is C21H20F4N4O. The molecule has 0 spiro atoms. The van der Waals surface area contributed by atoms with Gasteiger partial charge in [-0.05, 0) is 24.6 Å². The molecule has 0 radical (unpaired) electrons. The van der Waals surface area contributed by atoms with E-state index in [0.717, 1.165) is 5.56 Å². The average molecular weight is 420 g/mol. The van der Waals surface area contributed by atoms with E-state index >= 15 is 0 Å². The Hall–Kier alpha value is -2.81. The van der Waals surface area contributed by atoms with Crippen molar-refractivity contribution in [3.8, 4) is 5.75 Å². The van der Waals surface area contributed by atoms with Gasteiger partial charge in [0, 0.05) is 18.7 Å². The van der Waals surface area contributed by atoms with Gasteiger partial charge in [0.15, 0.2) is 0 Å². The fraction of sp³-hybridized carbons (Fsp3) is 0.381. The van der Waals surface area contributed by atoms with Crippen LogP contribution in [0.1, 0.15) is 23.9 Å². The Morgan fingerprint density at radius 1 is 1.13 bits per heavy atom. The van der Waals surface area contributed by atoms with E-state index in [4.69, 9.17) is 4.74 Å². The normalized spacial score (nSPS) is 24.6. The highest BCUT2D eigenvalue weighted by Gasteiger charge is 2.39. The first-order valence-corrected chi connectivity index (χ1v) is 9.82. The second kappa shape index (κ2) is 7.16. The zero-order valence-corrected chi connectivity index (χ0v) is 15.9. The van der Waals surface area contributed by atoms with Crippen LogP contribution in [0.3, 0.4) is 0 Å². The van der Waals surface area contributed by atoms with E-state index in [-0.39, 0.29) is 17.6 Å². The van der Waals surface area contributed by atoms with Crippen LogP contribution in [-0.4, -0.2) is 46.8 Å². The highest BCUT2D eigenvalue weighted by atomic mass is 19.4. The summed E-state index contributed by atoms with van der Waals surface area (Å²) in [5.41, 5.74) is 1.90. The second-order valence-corrected chi connectivity index (χ2v) is 7.70. The molecule has 2 aliphatic heterocycles. The van der Waals surface area contributed by atoms with Gasteiger partial charge in [0.2, 0.25) is 5.82 Å². The molecule has 0 unspecified atom stereocenters. The molecule has 1 saturated heterocycles. The third-order valence-corrected chi connectivity index (χ3v) is 5.77. The lowest BCUT2D eigenvalue weighted by Crippen LogP contribution is -2.47. The number of hydrogen-bond acceptors (Lipinski definition) is 4. The van der Waals surface area contributed by atoms with Crippen molar-refractivity contribution in [2.24, 2.45) is 0 Å². The molecule has 30 heavy (non-hydrogen) atoms. The Labute approximate surface area is 170 Å². The SMILES string of the molecule is F[C@H]1CCN([C@H]2COc3ccccc3[C@@H]2Nc2cccc3[nH]c(C(F)(F)F)nc23)C1. The predicted octanol–water partition coefficient (Wildman–Crippen LogP) is 4.54. The summed E-state index contributed by atoms with van der Waals surface area (Å²) in [5.74, 6) is -0.317. The number of nitrogens with zero attached hydrogens (tertiary/aromatic N) is 2. The molecule has 5 rings (SSSR count). The quantitative estimate of drug-likeness (QED) is 0.611. The molecular weight excluding hydrogens is 400 g/mol. The summed E-state index contributed by atoms with van der Waals surface area (Å²) in [7, 11) is 0. The van der Waals surface area contributed by atoms with E-state index in [0.29, 0.717) is 43.1 Å². The highest BCUT2D eigenvalue weighted by Crippen LogP contribution is 2.39. The molecule has 1 aromatic heterocycles. The first kappa shape index (κ1) is 19.2. The Morgan fingerprint density at radius 2 is 1.97 bits per heavy atom. The van der Waals surface area contributed by atoms with Crippen LogP contribution in [0.4, 0.5) is 23.2 Å². The van der Waals surface area contributed by atoms with Gasteiger partial charge >= 0.3 is 6.18 Å². The zero-order chi connectivity index (χ0) is 20.9. The molecule has 0 aliphatic carbocycles. The number of anilines is 1. The fourth-order valence-corrected chi connectivity index (χ4v) is 4.33. The van der Waals surface area contributed by atoms with Gasteiger partial charge in [-0.15, -0.1) is 0 Å². The van der Waals surface area contributed by atoms with Crippen molar-refractivity contribution in [2.45, 2.75) is 30.9 Å². The summed E-state index contributed by atoms with van der Waals surface area (Å²) < 4.78 is 59.2. The van der Waals surface area contributed by atoms with Gasteiger partial charge in [-0.1, -0.05) is 24.3 Å². The number of halogens is 4. The molecule has 5 nitrogen and oxygen atoms in total. The Kier molecular flexibility index (Phi) is 4.57. The van der Waals surface area contributed by atoms with Crippen LogP contribution in [0, 0.1) is 0 Å². The Morgan fingerprint density at radius 3 is 2.73 bits per heavy atom. The van der Waals surface area contributed by atoms with Gasteiger partial charge in [0.05, 0.1) is 23.3 Å². The summed E-state index contributed by atoms with van der Waals surface area (Å²) in [4.78, 5) is 8.18. The number of alkyl halides is 4. The van der Waals surface area contributed by atoms with Gasteiger partial charge in [0.1, 0.15) is 24.0 Å². The minimum atomic E-state index is -4.56. The van der Waals surface area contributed by atoms with E-state index in [1.807, 2.05) is 29.2 Å². The molecule has 3 atom stereocenters. The van der Waals surface area contributed by atoms with Gasteiger partial charge in [-0.2, -0.15) is 13.2 Å². The zero-order valence-electron chi connectivity index (χ0n) is 15.9. The van der Waals surface area contributed by atoms with Crippen molar-refractivity contribution >= 4 is 16.7 Å². The van der Waals surface area contributed by atoms with Crippen molar-refractivity contribution in [3.63, 3.8) is 0 Å². The van der Waals surface area contributed by atoms with E-state index in [1.54, 1.807) is 18.2 Å². The minimum absolute atomic E-state index is 0.156. The molecule has 2 aromatic carbocycles. The molecule has 0 saturated carbocycles. The first-order valence-electron chi connectivity index (χ1n) is 9.82. The maximum atomic E-state index is 13.9. The van der Waals surface area contributed by atoms with E-state index in [1.165, 1.54) is 0 Å². The van der Waals surface area contributed by atoms with Crippen LogP contribution in [0.25, 0.3) is 11.0 Å². The van der Waals surface area contributed by atoms with Gasteiger partial charge in [-0.3, -0.25) is 4.90 Å². The lowest BCUT2D eigenvalue weighted by Gasteiger charge is -2.39. The predicted molar refractivity (Wildman–Crippen MR) is 104 cm³/mol. The molecule has 3 aromatic rings. The van der Waals surface area contributed by atoms with Crippen molar-refractivity contribution in [2.75, 3.05) is 25.0 Å². The number of para-hydroxylation sites is 2. The fourth-order valence-electron chi connectivity index (χ4n) is 4.33. The van der Waals surface area contributed by atoms with Crippen LogP contribution < -0.4 is 10.1 Å². The number of fused-ring (bicyclic) bond motifs is 2. The maximum Gasteiger partial charge on any atom is 0.449 e. The molecule has 0 amide bonds. The first-order chi connectivity index (χ1) is 14.4. The van der Waals surface area contributed by atoms with Crippen molar-refractivity contribution in [1.29, 1.82) is 0 Å². The Bertz CT molecular complexity index is 1070. The van der Waals surface area contributed by atoms with Crippen LogP contribution >= 0.6 is 0 Å². The molecule has 9 heteroatoms. The summed E-state index contributed by atoms with van der Waals surface area (Å²) in [6.45, 7) is 1.30. The van der Waals surface area contributed by atoms with Crippen LogP contribution in [0.2, 0.25) is 0 Å². The van der Waals surface area contributed by atoms with Crippen molar-refractivity contribution in [3.05, 3.63) is 53.9 Å². The van der Waals surface area contributed by atoms with Crippen LogP contribution in [-0.2, 0) is 6.18 Å². The standard InChI is InChI=1S/C21H20F4N4O/c22-12-8-9-29(10-12)16-11-30-17-7-2-1-4-13(17)18(16)26-14-5-3-6-15-19(14)28-20(27-15)21(23,24)25/h1-7,12,16,18,26H,8-11H2,(H,27,28)/t12-,16-,18-/m0/s1. The Balaban J connectivity index is 1.54. The number of H-pyrrole nitrogens is 1. The van der Waals surface area contributed by atoms with E-state index in [2.05, 4.69) is 15.3 Å². The number of aromatic amines is 1. The van der Waals surface area contributed by atoms with E-state index < -0.39 is 18.2 Å². The van der Waals surface area contributed by atoms with Crippen LogP contribution in [0.15, 0.2) is 42.5 Å². The minimum Gasteiger partial charge on any atom is -0.491 e. The van der Waals surface area contributed by atoms with Crippen molar-refractivity contribution < 1.29 is 22.3 Å². The molecule has 1 fully saturated rings. The largest absolute Gasteiger partial charge is 0.491 e. The monoisotopic (exact) mass is 420 g/mol. The summed E-state index contributed by atoms with van der Waals surface area (Å²) in [6, 6.07) is 12.1.